The Kier molecular flexibility index (Phi) is 7.46. The van der Waals surface area contributed by atoms with Crippen molar-refractivity contribution in [2.75, 3.05) is 0 Å². The SMILES string of the molecule is c1ccc(-c2ccc3c(c2)c2ccccc2n3-c2cc(-c3nc(-c4ccccc4)cc(-c4ccccc4)n3)cc(-n3c4ccccc4c4ccccc43)c2)cc1. The summed E-state index contributed by atoms with van der Waals surface area (Å²) in [4.78, 5) is 10.6. The van der Waals surface area contributed by atoms with Crippen LogP contribution >= 0.6 is 0 Å². The molecule has 4 heteroatoms. The summed E-state index contributed by atoms with van der Waals surface area (Å²) in [5, 5.41) is 4.85. The fraction of sp³-hybridized carbons (Fsp3) is 0. The van der Waals surface area contributed by atoms with Crippen LogP contribution in [0.1, 0.15) is 0 Å². The molecule has 0 aliphatic rings. The first kappa shape index (κ1) is 31.9. The molecule has 3 aromatic heterocycles. The standard InChI is InChI=1S/C52H34N4/c1-4-16-35(17-5-1)38-28-29-51-45(32-38)44-24-12-15-27-50(44)56(51)41-31-39(30-40(33-41)55-48-25-13-10-22-42(48)43-23-11-14-26-49(43)55)52-53-46(36-18-6-2-7-19-36)34-47(54-52)37-20-8-3-9-21-37/h1-34H. The first-order valence-electron chi connectivity index (χ1n) is 19.0. The molecule has 0 amide bonds. The quantitative estimate of drug-likeness (QED) is 0.172. The van der Waals surface area contributed by atoms with Gasteiger partial charge >= 0.3 is 0 Å². The zero-order chi connectivity index (χ0) is 37.0. The van der Waals surface area contributed by atoms with Crippen LogP contribution in [0.2, 0.25) is 0 Å². The van der Waals surface area contributed by atoms with Crippen LogP contribution in [0.3, 0.4) is 0 Å². The van der Waals surface area contributed by atoms with E-state index in [4.69, 9.17) is 9.97 Å². The molecule has 0 spiro atoms. The molecule has 0 unspecified atom stereocenters. The molecule has 0 saturated carbocycles. The Bertz CT molecular complexity index is 3120. The molecule has 3 heterocycles. The molecule has 0 N–H and O–H groups in total. The van der Waals surface area contributed by atoms with E-state index in [9.17, 15) is 0 Å². The summed E-state index contributed by atoms with van der Waals surface area (Å²) < 4.78 is 4.79. The van der Waals surface area contributed by atoms with Crippen molar-refractivity contribution in [2.24, 2.45) is 0 Å². The zero-order valence-corrected chi connectivity index (χ0v) is 30.4. The summed E-state index contributed by atoms with van der Waals surface area (Å²) in [6.45, 7) is 0. The van der Waals surface area contributed by atoms with Gasteiger partial charge in [-0.15, -0.1) is 0 Å². The van der Waals surface area contributed by atoms with Gasteiger partial charge in [-0.05, 0) is 65.7 Å². The maximum Gasteiger partial charge on any atom is 0.160 e. The Morgan fingerprint density at radius 3 is 1.18 bits per heavy atom. The number of nitrogens with zero attached hydrogens (tertiary/aromatic N) is 4. The third-order valence-electron chi connectivity index (χ3n) is 10.9. The lowest BCUT2D eigenvalue weighted by Crippen LogP contribution is -2.02. The molecular weight excluding hydrogens is 681 g/mol. The van der Waals surface area contributed by atoms with Gasteiger partial charge in [-0.1, -0.05) is 152 Å². The first-order valence-corrected chi connectivity index (χ1v) is 19.0. The van der Waals surface area contributed by atoms with E-state index in [2.05, 4.69) is 203 Å². The molecule has 0 fully saturated rings. The Hall–Kier alpha value is -7.56. The van der Waals surface area contributed by atoms with Crippen molar-refractivity contribution in [3.8, 4) is 56.4 Å². The number of hydrogen-bond acceptors (Lipinski definition) is 2. The zero-order valence-electron chi connectivity index (χ0n) is 30.4. The van der Waals surface area contributed by atoms with E-state index < -0.39 is 0 Å². The molecule has 11 aromatic rings. The topological polar surface area (TPSA) is 35.6 Å². The van der Waals surface area contributed by atoms with Crippen molar-refractivity contribution in [1.29, 1.82) is 0 Å². The largest absolute Gasteiger partial charge is 0.309 e. The van der Waals surface area contributed by atoms with Gasteiger partial charge < -0.3 is 9.13 Å². The van der Waals surface area contributed by atoms with Gasteiger partial charge in [0.25, 0.3) is 0 Å². The van der Waals surface area contributed by atoms with Crippen LogP contribution in [0, 0.1) is 0 Å². The number of benzene rings is 8. The fourth-order valence-corrected chi connectivity index (χ4v) is 8.33. The predicted octanol–water partition coefficient (Wildman–Crippen LogP) is 13.3. The Morgan fingerprint density at radius 2 is 0.679 bits per heavy atom. The van der Waals surface area contributed by atoms with Gasteiger partial charge in [0.2, 0.25) is 0 Å². The van der Waals surface area contributed by atoms with Crippen LogP contribution in [0.5, 0.6) is 0 Å². The van der Waals surface area contributed by atoms with E-state index >= 15 is 0 Å². The van der Waals surface area contributed by atoms with Crippen molar-refractivity contribution in [3.63, 3.8) is 0 Å². The van der Waals surface area contributed by atoms with Gasteiger partial charge in [-0.25, -0.2) is 9.97 Å². The van der Waals surface area contributed by atoms with Crippen molar-refractivity contribution in [3.05, 3.63) is 206 Å². The third-order valence-corrected chi connectivity index (χ3v) is 10.9. The Balaban J connectivity index is 1.22. The average molecular weight is 715 g/mol. The second-order valence-electron chi connectivity index (χ2n) is 14.3. The molecule has 0 radical (unpaired) electrons. The van der Waals surface area contributed by atoms with Gasteiger partial charge in [-0.3, -0.25) is 0 Å². The lowest BCUT2D eigenvalue weighted by Gasteiger charge is -2.16. The molecule has 11 rings (SSSR count). The highest BCUT2D eigenvalue weighted by molar-refractivity contribution is 6.11. The maximum atomic E-state index is 5.31. The van der Waals surface area contributed by atoms with Crippen molar-refractivity contribution >= 4 is 43.6 Å². The summed E-state index contributed by atoms with van der Waals surface area (Å²) >= 11 is 0. The van der Waals surface area contributed by atoms with Crippen LogP contribution in [0.4, 0.5) is 0 Å². The minimum Gasteiger partial charge on any atom is -0.309 e. The highest BCUT2D eigenvalue weighted by atomic mass is 15.0. The second-order valence-corrected chi connectivity index (χ2v) is 14.3. The summed E-state index contributed by atoms with van der Waals surface area (Å²) in [5.41, 5.74) is 13.8. The number of aromatic nitrogens is 4. The van der Waals surface area contributed by atoms with Crippen LogP contribution in [-0.2, 0) is 0 Å². The van der Waals surface area contributed by atoms with Crippen LogP contribution in [-0.4, -0.2) is 19.1 Å². The van der Waals surface area contributed by atoms with E-state index in [0.717, 1.165) is 61.5 Å². The Morgan fingerprint density at radius 1 is 0.268 bits per heavy atom. The van der Waals surface area contributed by atoms with E-state index in [1.165, 1.54) is 32.7 Å². The summed E-state index contributed by atoms with van der Waals surface area (Å²) in [5.74, 6) is 0.668. The van der Waals surface area contributed by atoms with Gasteiger partial charge in [0, 0.05) is 49.6 Å². The average Bonchev–Trinajstić information content (AvgIpc) is 3.80. The fourth-order valence-electron chi connectivity index (χ4n) is 8.33. The minimum atomic E-state index is 0.668. The number of para-hydroxylation sites is 3. The lowest BCUT2D eigenvalue weighted by molar-refractivity contribution is 1.12. The second kappa shape index (κ2) is 13.1. The van der Waals surface area contributed by atoms with Gasteiger partial charge in [0.1, 0.15) is 0 Å². The molecule has 0 aliphatic heterocycles. The van der Waals surface area contributed by atoms with Crippen molar-refractivity contribution in [1.82, 2.24) is 19.1 Å². The maximum absolute atomic E-state index is 5.31. The smallest absolute Gasteiger partial charge is 0.160 e. The summed E-state index contributed by atoms with van der Waals surface area (Å²) in [6.07, 6.45) is 0. The summed E-state index contributed by atoms with van der Waals surface area (Å²) in [7, 11) is 0. The van der Waals surface area contributed by atoms with Crippen molar-refractivity contribution in [2.45, 2.75) is 0 Å². The molecule has 0 aliphatic carbocycles. The van der Waals surface area contributed by atoms with Gasteiger partial charge in [0.15, 0.2) is 5.82 Å². The molecule has 0 atom stereocenters. The first-order chi connectivity index (χ1) is 27.8. The van der Waals surface area contributed by atoms with E-state index in [0.29, 0.717) is 5.82 Å². The lowest BCUT2D eigenvalue weighted by atomic mass is 10.0. The molecule has 8 aromatic carbocycles. The van der Waals surface area contributed by atoms with Gasteiger partial charge in [0.05, 0.1) is 33.5 Å². The normalized spacial score (nSPS) is 11.6. The van der Waals surface area contributed by atoms with E-state index in [-0.39, 0.29) is 0 Å². The number of hydrogen-bond donors (Lipinski definition) is 0. The third kappa shape index (κ3) is 5.31. The van der Waals surface area contributed by atoms with Crippen LogP contribution in [0.25, 0.3) is 100 Å². The minimum absolute atomic E-state index is 0.668. The molecule has 4 nitrogen and oxygen atoms in total. The molecule has 0 saturated heterocycles. The molecule has 56 heavy (non-hydrogen) atoms. The molecular formula is C52H34N4. The monoisotopic (exact) mass is 714 g/mol. The Labute approximate surface area is 324 Å². The number of rotatable bonds is 6. The van der Waals surface area contributed by atoms with Crippen molar-refractivity contribution < 1.29 is 0 Å². The van der Waals surface area contributed by atoms with E-state index in [1.54, 1.807) is 0 Å². The van der Waals surface area contributed by atoms with Gasteiger partial charge in [-0.2, -0.15) is 0 Å². The highest BCUT2D eigenvalue weighted by Gasteiger charge is 2.19. The molecule has 0 bridgehead atoms. The summed E-state index contributed by atoms with van der Waals surface area (Å²) in [6, 6.07) is 73.3. The highest BCUT2D eigenvalue weighted by Crippen LogP contribution is 2.39. The van der Waals surface area contributed by atoms with Crippen LogP contribution < -0.4 is 0 Å². The van der Waals surface area contributed by atoms with E-state index in [1.807, 2.05) is 12.1 Å². The molecule has 262 valence electrons. The van der Waals surface area contributed by atoms with Crippen LogP contribution in [0.15, 0.2) is 206 Å². The predicted molar refractivity (Wildman–Crippen MR) is 232 cm³/mol. The number of fused-ring (bicyclic) bond motifs is 6.